The minimum Gasteiger partial charge on any atom is -0.353 e. The van der Waals surface area contributed by atoms with Crippen molar-refractivity contribution in [1.82, 2.24) is 25.2 Å². The molecule has 0 bridgehead atoms. The van der Waals surface area contributed by atoms with Crippen molar-refractivity contribution in [2.45, 2.75) is 27.3 Å². The van der Waals surface area contributed by atoms with E-state index in [9.17, 15) is 4.79 Å². The number of carbonyl (C=O) groups excluding carboxylic acids is 1. The van der Waals surface area contributed by atoms with Crippen LogP contribution in [0.1, 0.15) is 21.4 Å². The van der Waals surface area contributed by atoms with E-state index < -0.39 is 0 Å². The molecule has 0 saturated carbocycles. The average Bonchev–Trinajstić information content (AvgIpc) is 2.90. The van der Waals surface area contributed by atoms with E-state index in [0.29, 0.717) is 19.6 Å². The molecule has 0 aromatic carbocycles. The zero-order chi connectivity index (χ0) is 17.1. The van der Waals surface area contributed by atoms with Crippen molar-refractivity contribution < 1.29 is 4.79 Å². The maximum atomic E-state index is 12.3. The quantitative estimate of drug-likeness (QED) is 0.919. The SMILES string of the molecule is Cc1nccc(N2CCN(C(=O)NCc3nc(C)sc3C)CC2)n1. The van der Waals surface area contributed by atoms with Gasteiger partial charge in [-0.2, -0.15) is 0 Å². The third-order valence-electron chi connectivity index (χ3n) is 4.06. The fourth-order valence-corrected chi connectivity index (χ4v) is 3.60. The molecule has 7 nitrogen and oxygen atoms in total. The minimum absolute atomic E-state index is 0.0291. The van der Waals surface area contributed by atoms with Gasteiger partial charge in [-0.05, 0) is 26.8 Å². The third-order valence-corrected chi connectivity index (χ3v) is 4.99. The van der Waals surface area contributed by atoms with E-state index in [2.05, 4.69) is 25.2 Å². The van der Waals surface area contributed by atoms with Gasteiger partial charge in [0.05, 0.1) is 17.2 Å². The van der Waals surface area contributed by atoms with Crippen molar-refractivity contribution in [1.29, 1.82) is 0 Å². The molecule has 0 spiro atoms. The van der Waals surface area contributed by atoms with Gasteiger partial charge in [0, 0.05) is 37.3 Å². The maximum Gasteiger partial charge on any atom is 0.317 e. The number of urea groups is 1. The number of aromatic nitrogens is 3. The van der Waals surface area contributed by atoms with Crippen LogP contribution in [-0.4, -0.2) is 52.1 Å². The van der Waals surface area contributed by atoms with Crippen molar-refractivity contribution in [3.05, 3.63) is 33.7 Å². The van der Waals surface area contributed by atoms with Gasteiger partial charge in [0.1, 0.15) is 11.6 Å². The molecule has 2 aromatic heterocycles. The van der Waals surface area contributed by atoms with Gasteiger partial charge >= 0.3 is 6.03 Å². The minimum atomic E-state index is -0.0291. The second-order valence-corrected chi connectivity index (χ2v) is 7.24. The van der Waals surface area contributed by atoms with Crippen LogP contribution in [0.2, 0.25) is 0 Å². The first kappa shape index (κ1) is 16.6. The molecule has 1 saturated heterocycles. The zero-order valence-electron chi connectivity index (χ0n) is 14.2. The average molecular weight is 346 g/mol. The Morgan fingerprint density at radius 1 is 1.21 bits per heavy atom. The van der Waals surface area contributed by atoms with Gasteiger partial charge in [-0.3, -0.25) is 0 Å². The molecule has 0 aliphatic carbocycles. The van der Waals surface area contributed by atoms with Gasteiger partial charge in [0.15, 0.2) is 0 Å². The molecule has 24 heavy (non-hydrogen) atoms. The number of nitrogens with one attached hydrogen (secondary N) is 1. The lowest BCUT2D eigenvalue weighted by molar-refractivity contribution is 0.193. The molecule has 0 unspecified atom stereocenters. The van der Waals surface area contributed by atoms with Crippen LogP contribution >= 0.6 is 11.3 Å². The summed E-state index contributed by atoms with van der Waals surface area (Å²) in [5.41, 5.74) is 0.959. The van der Waals surface area contributed by atoms with Gasteiger partial charge < -0.3 is 15.1 Å². The van der Waals surface area contributed by atoms with Crippen molar-refractivity contribution in [2.24, 2.45) is 0 Å². The lowest BCUT2D eigenvalue weighted by Gasteiger charge is -2.35. The Morgan fingerprint density at radius 2 is 1.96 bits per heavy atom. The van der Waals surface area contributed by atoms with Gasteiger partial charge in [0.25, 0.3) is 0 Å². The summed E-state index contributed by atoms with van der Waals surface area (Å²) < 4.78 is 0. The van der Waals surface area contributed by atoms with Crippen LogP contribution in [0, 0.1) is 20.8 Å². The normalized spacial score (nSPS) is 14.8. The molecular formula is C16H22N6OS. The highest BCUT2D eigenvalue weighted by atomic mass is 32.1. The lowest BCUT2D eigenvalue weighted by Crippen LogP contribution is -2.52. The van der Waals surface area contributed by atoms with Gasteiger partial charge in [0.2, 0.25) is 0 Å². The standard InChI is InChI=1S/C16H22N6OS/c1-11-14(20-13(3)24-11)10-18-16(23)22-8-6-21(7-9-22)15-4-5-17-12(2)19-15/h4-5H,6-10H2,1-3H3,(H,18,23). The van der Waals surface area contributed by atoms with Crippen LogP contribution in [0.3, 0.4) is 0 Å². The van der Waals surface area contributed by atoms with E-state index in [1.54, 1.807) is 17.5 Å². The lowest BCUT2D eigenvalue weighted by atomic mass is 10.3. The molecule has 2 amide bonds. The Balaban J connectivity index is 1.51. The fraction of sp³-hybridized carbons (Fsp3) is 0.500. The second kappa shape index (κ2) is 7.12. The highest BCUT2D eigenvalue weighted by Gasteiger charge is 2.22. The first-order chi connectivity index (χ1) is 11.5. The highest BCUT2D eigenvalue weighted by molar-refractivity contribution is 7.11. The van der Waals surface area contributed by atoms with Crippen molar-refractivity contribution in [3.63, 3.8) is 0 Å². The molecule has 2 aromatic rings. The van der Waals surface area contributed by atoms with Crippen molar-refractivity contribution in [2.75, 3.05) is 31.1 Å². The molecule has 1 fully saturated rings. The van der Waals surface area contributed by atoms with Crippen LogP contribution in [-0.2, 0) is 6.54 Å². The summed E-state index contributed by atoms with van der Waals surface area (Å²) in [5.74, 6) is 1.69. The largest absolute Gasteiger partial charge is 0.353 e. The molecular weight excluding hydrogens is 324 g/mol. The summed E-state index contributed by atoms with van der Waals surface area (Å²) in [4.78, 5) is 30.5. The van der Waals surface area contributed by atoms with Crippen LogP contribution in [0.15, 0.2) is 12.3 Å². The Labute approximate surface area is 145 Å². The van der Waals surface area contributed by atoms with Crippen molar-refractivity contribution in [3.8, 4) is 0 Å². The Bertz CT molecular complexity index is 723. The van der Waals surface area contributed by atoms with Gasteiger partial charge in [-0.15, -0.1) is 11.3 Å². The molecule has 1 N–H and O–H groups in total. The predicted molar refractivity (Wildman–Crippen MR) is 94.4 cm³/mol. The van der Waals surface area contributed by atoms with Crippen LogP contribution < -0.4 is 10.2 Å². The Hall–Kier alpha value is -2.22. The molecule has 1 aliphatic rings. The summed E-state index contributed by atoms with van der Waals surface area (Å²) in [7, 11) is 0. The Kier molecular flexibility index (Phi) is 4.94. The Morgan fingerprint density at radius 3 is 2.58 bits per heavy atom. The van der Waals surface area contributed by atoms with E-state index in [1.165, 1.54) is 0 Å². The maximum absolute atomic E-state index is 12.3. The number of piperazine rings is 1. The molecule has 3 heterocycles. The summed E-state index contributed by atoms with van der Waals surface area (Å²) in [6, 6.07) is 1.88. The number of hydrogen-bond donors (Lipinski definition) is 1. The summed E-state index contributed by atoms with van der Waals surface area (Å²) in [5, 5.41) is 4.01. The first-order valence-corrected chi connectivity index (χ1v) is 8.85. The van der Waals surface area contributed by atoms with Crippen LogP contribution in [0.5, 0.6) is 0 Å². The number of carbonyl (C=O) groups is 1. The van der Waals surface area contributed by atoms with Gasteiger partial charge in [-0.25, -0.2) is 19.7 Å². The molecule has 128 valence electrons. The first-order valence-electron chi connectivity index (χ1n) is 8.03. The smallest absolute Gasteiger partial charge is 0.317 e. The van der Waals surface area contributed by atoms with E-state index in [-0.39, 0.29) is 6.03 Å². The second-order valence-electron chi connectivity index (χ2n) is 5.83. The number of anilines is 1. The molecule has 3 rings (SSSR count). The molecule has 1 aliphatic heterocycles. The number of amides is 2. The number of hydrogen-bond acceptors (Lipinski definition) is 6. The summed E-state index contributed by atoms with van der Waals surface area (Å²) >= 11 is 1.66. The summed E-state index contributed by atoms with van der Waals surface area (Å²) in [6.45, 7) is 9.31. The van der Waals surface area contributed by atoms with E-state index in [0.717, 1.165) is 40.3 Å². The number of nitrogens with zero attached hydrogens (tertiary/aromatic N) is 5. The number of rotatable bonds is 3. The zero-order valence-corrected chi connectivity index (χ0v) is 15.1. The molecule has 0 radical (unpaired) electrons. The highest BCUT2D eigenvalue weighted by Crippen LogP contribution is 2.16. The molecule has 0 atom stereocenters. The molecule has 8 heteroatoms. The third kappa shape index (κ3) is 3.81. The van der Waals surface area contributed by atoms with Crippen molar-refractivity contribution >= 4 is 23.2 Å². The van der Waals surface area contributed by atoms with Crippen LogP contribution in [0.25, 0.3) is 0 Å². The van der Waals surface area contributed by atoms with Gasteiger partial charge in [-0.1, -0.05) is 0 Å². The topological polar surface area (TPSA) is 74.2 Å². The van der Waals surface area contributed by atoms with Crippen LogP contribution in [0.4, 0.5) is 10.6 Å². The predicted octanol–water partition coefficient (Wildman–Crippen LogP) is 1.89. The van der Waals surface area contributed by atoms with E-state index in [4.69, 9.17) is 0 Å². The monoisotopic (exact) mass is 346 g/mol. The summed E-state index contributed by atoms with van der Waals surface area (Å²) in [6.07, 6.45) is 1.77. The number of thiazole rings is 1. The fourth-order valence-electron chi connectivity index (χ4n) is 2.77. The van der Waals surface area contributed by atoms with E-state index >= 15 is 0 Å². The number of aryl methyl sites for hydroxylation is 3. The van der Waals surface area contributed by atoms with E-state index in [1.807, 2.05) is 31.7 Å².